The second kappa shape index (κ2) is 6.16. The average molecular weight is 305 g/mol. The van der Waals surface area contributed by atoms with Crippen molar-refractivity contribution in [3.05, 3.63) is 65.0 Å². The highest BCUT2D eigenvalue weighted by molar-refractivity contribution is 5.94. The number of hydrogen-bond donors (Lipinski definition) is 1. The van der Waals surface area contributed by atoms with Gasteiger partial charge in [0, 0.05) is 5.69 Å². The van der Waals surface area contributed by atoms with Crippen LogP contribution in [0.4, 0.5) is 5.69 Å². The Hall–Kier alpha value is -2.75. The van der Waals surface area contributed by atoms with E-state index in [0.717, 1.165) is 39.2 Å². The lowest BCUT2D eigenvalue weighted by atomic mass is 10.1. The first kappa shape index (κ1) is 15.2. The van der Waals surface area contributed by atoms with Gasteiger partial charge in [-0.05, 0) is 50.1 Å². The molecule has 3 aromatic rings. The van der Waals surface area contributed by atoms with E-state index >= 15 is 0 Å². The standard InChI is InChI=1S/C19H19N3O/c1-12-6-4-5-7-15(12)10-19(23)22-16-8-9-17-18(11-16)21-14(3)13(2)20-17/h4-9,11H,10H2,1-3H3,(H,22,23). The van der Waals surface area contributed by atoms with Gasteiger partial charge in [0.25, 0.3) is 0 Å². The second-order valence-electron chi connectivity index (χ2n) is 5.75. The molecule has 4 heteroatoms. The first-order valence-electron chi connectivity index (χ1n) is 7.62. The largest absolute Gasteiger partial charge is 0.326 e. The van der Waals surface area contributed by atoms with E-state index in [-0.39, 0.29) is 5.91 Å². The van der Waals surface area contributed by atoms with Crippen LogP contribution in [0.5, 0.6) is 0 Å². The number of nitrogens with one attached hydrogen (secondary N) is 1. The molecule has 0 bridgehead atoms. The fourth-order valence-corrected chi connectivity index (χ4v) is 2.50. The van der Waals surface area contributed by atoms with Crippen molar-refractivity contribution in [2.24, 2.45) is 0 Å². The fraction of sp³-hybridized carbons (Fsp3) is 0.211. The Morgan fingerprint density at radius 2 is 1.65 bits per heavy atom. The summed E-state index contributed by atoms with van der Waals surface area (Å²) in [7, 11) is 0. The van der Waals surface area contributed by atoms with Gasteiger partial charge in [0.1, 0.15) is 0 Å². The van der Waals surface area contributed by atoms with Gasteiger partial charge in [-0.1, -0.05) is 24.3 Å². The molecule has 3 rings (SSSR count). The smallest absolute Gasteiger partial charge is 0.228 e. The molecule has 1 N–H and O–H groups in total. The monoisotopic (exact) mass is 305 g/mol. The van der Waals surface area contributed by atoms with Crippen molar-refractivity contribution < 1.29 is 4.79 Å². The quantitative estimate of drug-likeness (QED) is 0.802. The van der Waals surface area contributed by atoms with E-state index in [1.807, 2.05) is 63.2 Å². The van der Waals surface area contributed by atoms with E-state index in [9.17, 15) is 4.79 Å². The molecule has 0 spiro atoms. The number of anilines is 1. The van der Waals surface area contributed by atoms with Gasteiger partial charge in [-0.2, -0.15) is 0 Å². The summed E-state index contributed by atoms with van der Waals surface area (Å²) in [6, 6.07) is 13.5. The fourth-order valence-electron chi connectivity index (χ4n) is 2.50. The lowest BCUT2D eigenvalue weighted by Crippen LogP contribution is -2.15. The lowest BCUT2D eigenvalue weighted by Gasteiger charge is -2.09. The summed E-state index contributed by atoms with van der Waals surface area (Å²) in [5, 5.41) is 2.94. The Morgan fingerprint density at radius 1 is 0.957 bits per heavy atom. The maximum Gasteiger partial charge on any atom is 0.228 e. The lowest BCUT2D eigenvalue weighted by molar-refractivity contribution is -0.115. The van der Waals surface area contributed by atoms with Gasteiger partial charge in [0.15, 0.2) is 0 Å². The van der Waals surface area contributed by atoms with Gasteiger partial charge in [0.05, 0.1) is 28.8 Å². The number of hydrogen-bond acceptors (Lipinski definition) is 3. The highest BCUT2D eigenvalue weighted by atomic mass is 16.1. The molecule has 0 saturated carbocycles. The second-order valence-corrected chi connectivity index (χ2v) is 5.75. The van der Waals surface area contributed by atoms with Crippen molar-refractivity contribution in [2.75, 3.05) is 5.32 Å². The van der Waals surface area contributed by atoms with Crippen LogP contribution in [0.2, 0.25) is 0 Å². The van der Waals surface area contributed by atoms with Crippen LogP contribution in [0.1, 0.15) is 22.5 Å². The first-order valence-corrected chi connectivity index (χ1v) is 7.62. The van der Waals surface area contributed by atoms with Crippen molar-refractivity contribution in [3.63, 3.8) is 0 Å². The van der Waals surface area contributed by atoms with E-state index in [0.29, 0.717) is 6.42 Å². The van der Waals surface area contributed by atoms with E-state index in [1.165, 1.54) is 0 Å². The van der Waals surface area contributed by atoms with Gasteiger partial charge in [-0.25, -0.2) is 9.97 Å². The van der Waals surface area contributed by atoms with Gasteiger partial charge in [0.2, 0.25) is 5.91 Å². The van der Waals surface area contributed by atoms with Crippen molar-refractivity contribution in [1.82, 2.24) is 9.97 Å². The normalized spacial score (nSPS) is 10.7. The molecular formula is C19H19N3O. The molecule has 0 aliphatic heterocycles. The summed E-state index contributed by atoms with van der Waals surface area (Å²) in [6.07, 6.45) is 0.364. The van der Waals surface area contributed by atoms with Crippen LogP contribution in [0.15, 0.2) is 42.5 Å². The molecule has 1 amide bonds. The van der Waals surface area contributed by atoms with Crippen LogP contribution >= 0.6 is 0 Å². The maximum absolute atomic E-state index is 12.2. The topological polar surface area (TPSA) is 54.9 Å². The third kappa shape index (κ3) is 3.37. The molecule has 0 fully saturated rings. The summed E-state index contributed by atoms with van der Waals surface area (Å²) >= 11 is 0. The third-order valence-corrected chi connectivity index (χ3v) is 3.97. The highest BCUT2D eigenvalue weighted by Crippen LogP contribution is 2.18. The van der Waals surface area contributed by atoms with Crippen LogP contribution in [0.3, 0.4) is 0 Å². The summed E-state index contributed by atoms with van der Waals surface area (Å²) in [5.41, 5.74) is 6.37. The van der Waals surface area contributed by atoms with Crippen LogP contribution in [-0.2, 0) is 11.2 Å². The predicted octanol–water partition coefficient (Wildman–Crippen LogP) is 3.74. The average Bonchev–Trinajstić information content (AvgIpc) is 2.51. The number of rotatable bonds is 3. The minimum absolute atomic E-state index is 0.0320. The molecule has 0 aliphatic carbocycles. The maximum atomic E-state index is 12.2. The molecule has 0 radical (unpaired) electrons. The molecule has 0 atom stereocenters. The number of aromatic nitrogens is 2. The molecule has 1 aromatic heterocycles. The number of fused-ring (bicyclic) bond motifs is 1. The predicted molar refractivity (Wildman–Crippen MR) is 92.5 cm³/mol. The number of carbonyl (C=O) groups excluding carboxylic acids is 1. The summed E-state index contributed by atoms with van der Waals surface area (Å²) < 4.78 is 0. The Bertz CT molecular complexity index is 887. The summed E-state index contributed by atoms with van der Waals surface area (Å²) in [6.45, 7) is 5.89. The molecular weight excluding hydrogens is 286 g/mol. The number of nitrogens with zero attached hydrogens (tertiary/aromatic N) is 2. The molecule has 116 valence electrons. The number of carbonyl (C=O) groups is 1. The zero-order valence-electron chi connectivity index (χ0n) is 13.6. The molecule has 0 unspecified atom stereocenters. The Labute approximate surface area is 135 Å². The van der Waals surface area contributed by atoms with E-state index in [2.05, 4.69) is 15.3 Å². The van der Waals surface area contributed by atoms with E-state index in [1.54, 1.807) is 0 Å². The third-order valence-electron chi connectivity index (χ3n) is 3.97. The van der Waals surface area contributed by atoms with Gasteiger partial charge in [-0.3, -0.25) is 4.79 Å². The minimum atomic E-state index is -0.0320. The van der Waals surface area contributed by atoms with Crippen molar-refractivity contribution in [1.29, 1.82) is 0 Å². The Balaban J connectivity index is 1.80. The molecule has 4 nitrogen and oxygen atoms in total. The van der Waals surface area contributed by atoms with Crippen molar-refractivity contribution in [2.45, 2.75) is 27.2 Å². The molecule has 23 heavy (non-hydrogen) atoms. The Morgan fingerprint density at radius 3 is 2.39 bits per heavy atom. The zero-order chi connectivity index (χ0) is 16.4. The van der Waals surface area contributed by atoms with Crippen LogP contribution in [-0.4, -0.2) is 15.9 Å². The summed E-state index contributed by atoms with van der Waals surface area (Å²) in [4.78, 5) is 21.3. The molecule has 0 saturated heterocycles. The number of amides is 1. The van der Waals surface area contributed by atoms with E-state index in [4.69, 9.17) is 0 Å². The first-order chi connectivity index (χ1) is 11.0. The Kier molecular flexibility index (Phi) is 4.06. The number of benzene rings is 2. The highest BCUT2D eigenvalue weighted by Gasteiger charge is 2.08. The summed E-state index contributed by atoms with van der Waals surface area (Å²) in [5.74, 6) is -0.0320. The zero-order valence-corrected chi connectivity index (χ0v) is 13.6. The van der Waals surface area contributed by atoms with Crippen LogP contribution in [0, 0.1) is 20.8 Å². The van der Waals surface area contributed by atoms with Gasteiger partial charge >= 0.3 is 0 Å². The molecule has 0 aliphatic rings. The van der Waals surface area contributed by atoms with Crippen LogP contribution < -0.4 is 5.32 Å². The van der Waals surface area contributed by atoms with Crippen molar-refractivity contribution in [3.8, 4) is 0 Å². The van der Waals surface area contributed by atoms with Crippen molar-refractivity contribution >= 4 is 22.6 Å². The van der Waals surface area contributed by atoms with Gasteiger partial charge < -0.3 is 5.32 Å². The number of aryl methyl sites for hydroxylation is 3. The van der Waals surface area contributed by atoms with Gasteiger partial charge in [-0.15, -0.1) is 0 Å². The SMILES string of the molecule is Cc1ccccc1CC(=O)Nc1ccc2nc(C)c(C)nc2c1. The minimum Gasteiger partial charge on any atom is -0.326 e. The molecule has 1 heterocycles. The van der Waals surface area contributed by atoms with E-state index < -0.39 is 0 Å². The van der Waals surface area contributed by atoms with Crippen LogP contribution in [0.25, 0.3) is 11.0 Å². The molecule has 2 aromatic carbocycles.